The maximum absolute atomic E-state index is 12.6. The Hall–Kier alpha value is -1.92. The average molecular weight is 305 g/mol. The predicted molar refractivity (Wildman–Crippen MR) is 83.7 cm³/mol. The first-order chi connectivity index (χ1) is 9.94. The Labute approximate surface area is 125 Å². The third-order valence-corrected chi connectivity index (χ3v) is 4.71. The van der Waals surface area contributed by atoms with Crippen molar-refractivity contribution in [1.29, 1.82) is 0 Å². The highest BCUT2D eigenvalue weighted by Crippen LogP contribution is 2.22. The normalized spacial score (nSPS) is 11.4. The molecule has 5 nitrogen and oxygen atoms in total. The molecule has 1 aromatic heterocycles. The molecule has 0 spiro atoms. The van der Waals surface area contributed by atoms with E-state index in [1.165, 1.54) is 6.20 Å². The molecule has 0 aliphatic carbocycles. The molecule has 2 N–H and O–H groups in total. The smallest absolute Gasteiger partial charge is 0.262 e. The molecule has 0 radical (unpaired) electrons. The maximum Gasteiger partial charge on any atom is 0.262 e. The number of hydrogen-bond acceptors (Lipinski definition) is 4. The highest BCUT2D eigenvalue weighted by atomic mass is 32.2. The first kappa shape index (κ1) is 15.5. The summed E-state index contributed by atoms with van der Waals surface area (Å²) < 4.78 is 27.7. The van der Waals surface area contributed by atoms with Crippen LogP contribution in [0.5, 0.6) is 0 Å². The number of pyridine rings is 1. The molecule has 0 saturated heterocycles. The monoisotopic (exact) mass is 305 g/mol. The fraction of sp³-hybridized carbons (Fsp3) is 0.267. The van der Waals surface area contributed by atoms with Gasteiger partial charge in [-0.1, -0.05) is 12.1 Å². The van der Waals surface area contributed by atoms with Crippen molar-refractivity contribution >= 4 is 15.7 Å². The quantitative estimate of drug-likeness (QED) is 0.888. The molecule has 0 amide bonds. The zero-order chi connectivity index (χ0) is 15.5. The summed E-state index contributed by atoms with van der Waals surface area (Å²) in [6, 6.07) is 7.19. The van der Waals surface area contributed by atoms with E-state index in [1.807, 2.05) is 26.1 Å². The largest absolute Gasteiger partial charge is 0.316 e. The zero-order valence-electron chi connectivity index (χ0n) is 12.3. The molecule has 0 unspecified atom stereocenters. The molecule has 0 saturated carbocycles. The van der Waals surface area contributed by atoms with Gasteiger partial charge in [0.1, 0.15) is 0 Å². The van der Waals surface area contributed by atoms with Crippen LogP contribution in [0.2, 0.25) is 0 Å². The van der Waals surface area contributed by atoms with E-state index in [4.69, 9.17) is 0 Å². The lowest BCUT2D eigenvalue weighted by Crippen LogP contribution is -2.16. The van der Waals surface area contributed by atoms with Gasteiger partial charge in [-0.15, -0.1) is 0 Å². The van der Waals surface area contributed by atoms with E-state index >= 15 is 0 Å². The zero-order valence-corrected chi connectivity index (χ0v) is 13.2. The summed E-state index contributed by atoms with van der Waals surface area (Å²) in [6.07, 6.45) is 3.14. The van der Waals surface area contributed by atoms with Gasteiger partial charge in [-0.05, 0) is 49.7 Å². The fourth-order valence-electron chi connectivity index (χ4n) is 2.02. The number of nitrogens with zero attached hydrogens (tertiary/aromatic N) is 1. The van der Waals surface area contributed by atoms with Gasteiger partial charge in [-0.3, -0.25) is 9.71 Å². The minimum absolute atomic E-state index is 0.290. The molecule has 6 heteroatoms. The van der Waals surface area contributed by atoms with Crippen molar-refractivity contribution < 1.29 is 8.42 Å². The maximum atomic E-state index is 12.6. The Morgan fingerprint density at radius 1 is 1.14 bits per heavy atom. The first-order valence-corrected chi connectivity index (χ1v) is 8.10. The van der Waals surface area contributed by atoms with Gasteiger partial charge in [0.25, 0.3) is 10.0 Å². The first-order valence-electron chi connectivity index (χ1n) is 6.61. The molecular weight excluding hydrogens is 286 g/mol. The molecular formula is C15H19N3O2S. The van der Waals surface area contributed by atoms with Crippen molar-refractivity contribution in [3.05, 3.63) is 53.3 Å². The van der Waals surface area contributed by atoms with Crippen LogP contribution in [0, 0.1) is 13.8 Å². The average Bonchev–Trinajstić information content (AvgIpc) is 2.43. The summed E-state index contributed by atoms with van der Waals surface area (Å²) in [5.74, 6) is 0. The third-order valence-electron chi connectivity index (χ3n) is 3.21. The molecule has 1 aromatic carbocycles. The van der Waals surface area contributed by atoms with Gasteiger partial charge < -0.3 is 5.32 Å². The van der Waals surface area contributed by atoms with Crippen LogP contribution in [0.4, 0.5) is 5.69 Å². The van der Waals surface area contributed by atoms with Crippen molar-refractivity contribution in [3.63, 3.8) is 0 Å². The fourth-order valence-corrected chi connectivity index (χ4v) is 3.43. The van der Waals surface area contributed by atoms with Gasteiger partial charge in [0.05, 0.1) is 16.8 Å². The number of aryl methyl sites for hydroxylation is 2. The van der Waals surface area contributed by atoms with Crippen LogP contribution in [-0.2, 0) is 16.6 Å². The van der Waals surface area contributed by atoms with Crippen molar-refractivity contribution in [3.8, 4) is 0 Å². The Balaban J connectivity index is 2.40. The lowest BCUT2D eigenvalue weighted by Gasteiger charge is -2.13. The van der Waals surface area contributed by atoms with Crippen LogP contribution in [0.3, 0.4) is 0 Å². The highest BCUT2D eigenvalue weighted by molar-refractivity contribution is 7.92. The Kier molecular flexibility index (Phi) is 4.59. The Morgan fingerprint density at radius 3 is 2.57 bits per heavy atom. The minimum Gasteiger partial charge on any atom is -0.316 e. The number of rotatable bonds is 5. The van der Waals surface area contributed by atoms with Gasteiger partial charge in [-0.25, -0.2) is 8.42 Å². The summed E-state index contributed by atoms with van der Waals surface area (Å²) in [7, 11) is -1.80. The number of nitrogens with one attached hydrogen (secondary N) is 2. The predicted octanol–water partition coefficient (Wildman–Crippen LogP) is 2.22. The van der Waals surface area contributed by atoms with E-state index in [1.54, 1.807) is 25.3 Å². The van der Waals surface area contributed by atoms with E-state index in [0.717, 1.165) is 11.1 Å². The van der Waals surface area contributed by atoms with Gasteiger partial charge in [0.15, 0.2) is 0 Å². The second-order valence-corrected chi connectivity index (χ2v) is 6.58. The van der Waals surface area contributed by atoms with Crippen molar-refractivity contribution in [2.24, 2.45) is 0 Å². The van der Waals surface area contributed by atoms with E-state index < -0.39 is 10.0 Å². The van der Waals surface area contributed by atoms with Crippen LogP contribution >= 0.6 is 0 Å². The van der Waals surface area contributed by atoms with E-state index in [-0.39, 0.29) is 0 Å². The number of hydrogen-bond donors (Lipinski definition) is 2. The van der Waals surface area contributed by atoms with Crippen molar-refractivity contribution in [2.75, 3.05) is 11.8 Å². The lowest BCUT2D eigenvalue weighted by molar-refractivity contribution is 0.600. The summed E-state index contributed by atoms with van der Waals surface area (Å²) >= 11 is 0. The van der Waals surface area contributed by atoms with E-state index in [9.17, 15) is 8.42 Å². The number of anilines is 1. The molecule has 0 aliphatic rings. The van der Waals surface area contributed by atoms with Crippen molar-refractivity contribution in [2.45, 2.75) is 25.3 Å². The molecule has 1 heterocycles. The van der Waals surface area contributed by atoms with Crippen LogP contribution in [0.25, 0.3) is 0 Å². The van der Waals surface area contributed by atoms with Crippen LogP contribution in [-0.4, -0.2) is 20.4 Å². The molecule has 2 rings (SSSR count). The van der Waals surface area contributed by atoms with Crippen LogP contribution < -0.4 is 10.0 Å². The molecule has 0 bridgehead atoms. The second kappa shape index (κ2) is 6.24. The molecule has 2 aromatic rings. The lowest BCUT2D eigenvalue weighted by atomic mass is 10.1. The summed E-state index contributed by atoms with van der Waals surface area (Å²) in [5, 5.41) is 3.02. The molecule has 21 heavy (non-hydrogen) atoms. The molecule has 0 atom stereocenters. The van der Waals surface area contributed by atoms with E-state index in [2.05, 4.69) is 15.0 Å². The van der Waals surface area contributed by atoms with Gasteiger partial charge >= 0.3 is 0 Å². The van der Waals surface area contributed by atoms with Gasteiger partial charge in [0.2, 0.25) is 0 Å². The Bertz CT molecular complexity index is 742. The topological polar surface area (TPSA) is 71.1 Å². The minimum atomic E-state index is -3.63. The summed E-state index contributed by atoms with van der Waals surface area (Å²) in [5.41, 5.74) is 2.96. The number of sulfonamides is 1. The summed E-state index contributed by atoms with van der Waals surface area (Å²) in [4.78, 5) is 4.25. The Morgan fingerprint density at radius 2 is 1.90 bits per heavy atom. The second-order valence-electron chi connectivity index (χ2n) is 4.93. The number of aromatic nitrogens is 1. The molecule has 0 aliphatic heterocycles. The van der Waals surface area contributed by atoms with Crippen LogP contribution in [0.1, 0.15) is 16.7 Å². The van der Waals surface area contributed by atoms with Crippen molar-refractivity contribution in [1.82, 2.24) is 10.3 Å². The number of benzene rings is 1. The van der Waals surface area contributed by atoms with Gasteiger partial charge in [-0.2, -0.15) is 0 Å². The van der Waals surface area contributed by atoms with Crippen LogP contribution in [0.15, 0.2) is 41.6 Å². The molecule has 112 valence electrons. The highest BCUT2D eigenvalue weighted by Gasteiger charge is 2.18. The van der Waals surface area contributed by atoms with E-state index in [0.29, 0.717) is 22.7 Å². The molecule has 0 fully saturated rings. The summed E-state index contributed by atoms with van der Waals surface area (Å²) in [6.45, 7) is 4.24. The van der Waals surface area contributed by atoms with Gasteiger partial charge in [0, 0.05) is 12.7 Å². The standard InChI is InChI=1S/C15H19N3O2S/c1-11-6-7-17-10-14(11)18-21(19,20)15-8-13(9-16-3)5-4-12(15)2/h4-8,10,16,18H,9H2,1-3H3. The SMILES string of the molecule is CNCc1ccc(C)c(S(=O)(=O)Nc2cnccc2C)c1. The third kappa shape index (κ3) is 3.59.